The summed E-state index contributed by atoms with van der Waals surface area (Å²) in [5.41, 5.74) is 1.07. The van der Waals surface area contributed by atoms with Crippen LogP contribution in [-0.4, -0.2) is 34.9 Å². The van der Waals surface area contributed by atoms with Crippen LogP contribution in [0.4, 0.5) is 0 Å². The number of hydrogen-bond donors (Lipinski definition) is 1. The predicted octanol–water partition coefficient (Wildman–Crippen LogP) is 5.17. The molecule has 0 saturated carbocycles. The molecule has 7 heteroatoms. The summed E-state index contributed by atoms with van der Waals surface area (Å²) in [4.78, 5) is 28.8. The van der Waals surface area contributed by atoms with Gasteiger partial charge in [-0.3, -0.25) is 9.59 Å². The first-order chi connectivity index (χ1) is 15.9. The van der Waals surface area contributed by atoms with Crippen LogP contribution < -0.4 is 9.47 Å². The molecule has 33 heavy (non-hydrogen) atoms. The van der Waals surface area contributed by atoms with Gasteiger partial charge in [0.05, 0.1) is 31.4 Å². The number of likely N-dealkylation sites (tertiary alicyclic amines) is 1. The van der Waals surface area contributed by atoms with E-state index in [1.165, 1.54) is 23.3 Å². The maximum Gasteiger partial charge on any atom is 0.295 e. The Labute approximate surface area is 196 Å². The molecule has 1 saturated heterocycles. The molecule has 0 aliphatic carbocycles. The molecule has 6 nitrogen and oxygen atoms in total. The minimum atomic E-state index is -0.794. The lowest BCUT2D eigenvalue weighted by Crippen LogP contribution is -2.29. The molecule has 1 aromatic heterocycles. The van der Waals surface area contributed by atoms with Gasteiger partial charge >= 0.3 is 0 Å². The van der Waals surface area contributed by atoms with Gasteiger partial charge in [0.25, 0.3) is 11.7 Å². The van der Waals surface area contributed by atoms with Crippen LogP contribution in [0.25, 0.3) is 5.76 Å². The van der Waals surface area contributed by atoms with Gasteiger partial charge in [0.2, 0.25) is 0 Å². The lowest BCUT2D eigenvalue weighted by Gasteiger charge is -2.26. The number of aliphatic hydroxyl groups excluding tert-OH is 1. The van der Waals surface area contributed by atoms with E-state index in [0.29, 0.717) is 22.6 Å². The van der Waals surface area contributed by atoms with Crippen molar-refractivity contribution >= 4 is 28.8 Å². The number of aliphatic hydroxyl groups is 1. The van der Waals surface area contributed by atoms with Crippen LogP contribution in [0.2, 0.25) is 0 Å². The lowest BCUT2D eigenvalue weighted by atomic mass is 9.94. The van der Waals surface area contributed by atoms with Gasteiger partial charge in [0.15, 0.2) is 0 Å². The van der Waals surface area contributed by atoms with Crippen molar-refractivity contribution in [3.63, 3.8) is 0 Å². The molecular formula is C26H25NO5S. The number of benzene rings is 2. The largest absolute Gasteiger partial charge is 0.507 e. The quantitative estimate of drug-likeness (QED) is 0.297. The number of ether oxygens (including phenoxy) is 2. The minimum Gasteiger partial charge on any atom is -0.507 e. The summed E-state index contributed by atoms with van der Waals surface area (Å²) in [6, 6.07) is 17.1. The molecule has 170 valence electrons. The zero-order valence-corrected chi connectivity index (χ0v) is 19.5. The highest BCUT2D eigenvalue weighted by Gasteiger charge is 2.47. The SMILES string of the molecule is COc1ccccc1C1/C(=C(\O)c2cccc(OC(C)C)c2)C(=O)C(=O)N1Cc1cccs1. The molecular weight excluding hydrogens is 438 g/mol. The molecule has 1 atom stereocenters. The predicted molar refractivity (Wildman–Crippen MR) is 127 cm³/mol. The second-order valence-corrected chi connectivity index (χ2v) is 8.97. The highest BCUT2D eigenvalue weighted by Crippen LogP contribution is 2.43. The van der Waals surface area contributed by atoms with Crippen molar-refractivity contribution in [1.29, 1.82) is 0 Å². The van der Waals surface area contributed by atoms with E-state index in [1.807, 2.05) is 49.6 Å². The normalized spacial score (nSPS) is 17.6. The highest BCUT2D eigenvalue weighted by molar-refractivity contribution is 7.09. The lowest BCUT2D eigenvalue weighted by molar-refractivity contribution is -0.140. The van der Waals surface area contributed by atoms with E-state index in [9.17, 15) is 14.7 Å². The standard InChI is InChI=1S/C26H25NO5S/c1-16(2)32-18-9-6-8-17(14-18)24(28)22-23(20-11-4-5-12-21(20)31-3)27(26(30)25(22)29)15-19-10-7-13-33-19/h4-14,16,23,28H,15H2,1-3H3/b24-22+. The van der Waals surface area contributed by atoms with Crippen LogP contribution in [-0.2, 0) is 16.1 Å². The molecule has 2 heterocycles. The number of hydrogen-bond acceptors (Lipinski definition) is 6. The van der Waals surface area contributed by atoms with Crippen LogP contribution in [0.3, 0.4) is 0 Å². The smallest absolute Gasteiger partial charge is 0.295 e. The van der Waals surface area contributed by atoms with E-state index in [4.69, 9.17) is 9.47 Å². The van der Waals surface area contributed by atoms with Gasteiger partial charge in [-0.25, -0.2) is 0 Å². The molecule has 3 aromatic rings. The molecule has 2 aromatic carbocycles. The molecule has 0 radical (unpaired) electrons. The molecule has 1 N–H and O–H groups in total. The van der Waals surface area contributed by atoms with Gasteiger partial charge in [-0.15, -0.1) is 11.3 Å². The van der Waals surface area contributed by atoms with Crippen LogP contribution in [0.1, 0.15) is 35.9 Å². The van der Waals surface area contributed by atoms with Crippen molar-refractivity contribution in [2.45, 2.75) is 32.5 Å². The fraction of sp³-hybridized carbons (Fsp3) is 0.231. The maximum absolute atomic E-state index is 13.2. The minimum absolute atomic E-state index is 0.0303. The van der Waals surface area contributed by atoms with E-state index >= 15 is 0 Å². The Morgan fingerprint density at radius 2 is 1.88 bits per heavy atom. The van der Waals surface area contributed by atoms with E-state index in [2.05, 4.69) is 0 Å². The van der Waals surface area contributed by atoms with Gasteiger partial charge in [-0.2, -0.15) is 0 Å². The number of amides is 1. The third-order valence-electron chi connectivity index (χ3n) is 5.36. The molecule has 1 unspecified atom stereocenters. The Bertz CT molecular complexity index is 1200. The first-order valence-electron chi connectivity index (χ1n) is 10.6. The Morgan fingerprint density at radius 1 is 1.09 bits per heavy atom. The first kappa shape index (κ1) is 22.6. The molecule has 1 aliphatic rings. The van der Waals surface area contributed by atoms with Crippen molar-refractivity contribution in [3.8, 4) is 11.5 Å². The fourth-order valence-corrected chi connectivity index (χ4v) is 4.68. The number of rotatable bonds is 7. The molecule has 4 rings (SSSR count). The van der Waals surface area contributed by atoms with Crippen LogP contribution in [0.15, 0.2) is 71.6 Å². The van der Waals surface area contributed by atoms with Gasteiger partial charge in [0.1, 0.15) is 17.3 Å². The van der Waals surface area contributed by atoms with E-state index < -0.39 is 17.7 Å². The molecule has 1 aliphatic heterocycles. The zero-order valence-electron chi connectivity index (χ0n) is 18.6. The van der Waals surface area contributed by atoms with Gasteiger partial charge in [-0.1, -0.05) is 36.4 Å². The summed E-state index contributed by atoms with van der Waals surface area (Å²) in [5.74, 6) is -0.531. The molecule has 0 bridgehead atoms. The monoisotopic (exact) mass is 463 g/mol. The summed E-state index contributed by atoms with van der Waals surface area (Å²) in [5, 5.41) is 13.2. The number of ketones is 1. The zero-order chi connectivity index (χ0) is 23.5. The first-order valence-corrected chi connectivity index (χ1v) is 11.5. The number of methoxy groups -OCH3 is 1. The van der Waals surface area contributed by atoms with E-state index in [-0.39, 0.29) is 24.0 Å². The van der Waals surface area contributed by atoms with Crippen LogP contribution in [0, 0.1) is 0 Å². The van der Waals surface area contributed by atoms with E-state index in [0.717, 1.165) is 4.88 Å². The fourth-order valence-electron chi connectivity index (χ4n) is 3.97. The summed E-state index contributed by atoms with van der Waals surface area (Å²) >= 11 is 1.50. The number of thiophene rings is 1. The van der Waals surface area contributed by atoms with Crippen molar-refractivity contribution in [1.82, 2.24) is 4.90 Å². The highest BCUT2D eigenvalue weighted by atomic mass is 32.1. The van der Waals surface area contributed by atoms with Crippen molar-refractivity contribution in [2.75, 3.05) is 7.11 Å². The van der Waals surface area contributed by atoms with E-state index in [1.54, 1.807) is 30.3 Å². The van der Waals surface area contributed by atoms with Crippen molar-refractivity contribution in [2.24, 2.45) is 0 Å². The van der Waals surface area contributed by atoms with Gasteiger partial charge < -0.3 is 19.5 Å². The number of carbonyl (C=O) groups is 2. The number of nitrogens with zero attached hydrogens (tertiary/aromatic N) is 1. The molecule has 1 fully saturated rings. The second-order valence-electron chi connectivity index (χ2n) is 7.94. The average molecular weight is 464 g/mol. The maximum atomic E-state index is 13.2. The Balaban J connectivity index is 1.87. The third kappa shape index (κ3) is 4.50. The average Bonchev–Trinajstić information content (AvgIpc) is 3.41. The topological polar surface area (TPSA) is 76.1 Å². The third-order valence-corrected chi connectivity index (χ3v) is 6.22. The number of para-hydroxylation sites is 1. The number of Topliss-reactive ketones (excluding diaryl/α,β-unsaturated/α-hetero) is 1. The summed E-state index contributed by atoms with van der Waals surface area (Å²) < 4.78 is 11.3. The van der Waals surface area contributed by atoms with Gasteiger partial charge in [0, 0.05) is 16.0 Å². The Hall–Kier alpha value is -3.58. The van der Waals surface area contributed by atoms with Crippen LogP contribution >= 0.6 is 11.3 Å². The summed E-state index contributed by atoms with van der Waals surface area (Å²) in [6.45, 7) is 4.06. The van der Waals surface area contributed by atoms with Crippen LogP contribution in [0.5, 0.6) is 11.5 Å². The summed E-state index contributed by atoms with van der Waals surface area (Å²) in [6.07, 6.45) is -0.0487. The molecule has 1 amide bonds. The van der Waals surface area contributed by atoms with Crippen molar-refractivity contribution < 1.29 is 24.2 Å². The Morgan fingerprint density at radius 3 is 2.58 bits per heavy atom. The Kier molecular flexibility index (Phi) is 6.51. The number of carbonyl (C=O) groups excluding carboxylic acids is 2. The molecule has 0 spiro atoms. The second kappa shape index (κ2) is 9.50. The van der Waals surface area contributed by atoms with Crippen molar-refractivity contribution in [3.05, 3.63) is 87.6 Å². The van der Waals surface area contributed by atoms with Gasteiger partial charge in [-0.05, 0) is 43.5 Å². The summed E-state index contributed by atoms with van der Waals surface area (Å²) in [7, 11) is 1.54.